The summed E-state index contributed by atoms with van der Waals surface area (Å²) < 4.78 is 10.6. The molecule has 0 radical (unpaired) electrons. The molecule has 0 fully saturated rings. The van der Waals surface area contributed by atoms with Gasteiger partial charge >= 0.3 is 5.97 Å². The van der Waals surface area contributed by atoms with Gasteiger partial charge in [-0.2, -0.15) is 0 Å². The Balaban J connectivity index is 1.98. The number of hydrogen-bond acceptors (Lipinski definition) is 4. The summed E-state index contributed by atoms with van der Waals surface area (Å²) in [6, 6.07) is 11.8. The first-order chi connectivity index (χ1) is 12.5. The molecule has 2 aromatic rings. The van der Waals surface area contributed by atoms with Crippen LogP contribution in [-0.2, 0) is 14.3 Å². The highest BCUT2D eigenvalue weighted by Crippen LogP contribution is 2.40. The van der Waals surface area contributed by atoms with Crippen molar-refractivity contribution in [3.8, 4) is 0 Å². The number of esters is 1. The van der Waals surface area contributed by atoms with E-state index in [4.69, 9.17) is 9.15 Å². The fourth-order valence-corrected chi connectivity index (χ4v) is 3.46. The van der Waals surface area contributed by atoms with Crippen molar-refractivity contribution in [1.82, 2.24) is 0 Å². The van der Waals surface area contributed by atoms with E-state index >= 15 is 0 Å². The molecular formula is C22H24O4. The smallest absolute Gasteiger partial charge is 0.317 e. The number of furan rings is 1. The van der Waals surface area contributed by atoms with Crippen LogP contribution in [0.15, 0.2) is 53.2 Å². The second-order valence-electron chi connectivity index (χ2n) is 6.91. The first kappa shape index (κ1) is 18.2. The van der Waals surface area contributed by atoms with Gasteiger partial charge < -0.3 is 9.15 Å². The molecule has 1 heterocycles. The van der Waals surface area contributed by atoms with Gasteiger partial charge in [-0.3, -0.25) is 9.59 Å². The Morgan fingerprint density at radius 1 is 1.23 bits per heavy atom. The van der Waals surface area contributed by atoms with E-state index in [9.17, 15) is 9.59 Å². The maximum atomic E-state index is 12.8. The summed E-state index contributed by atoms with van der Waals surface area (Å²) in [5.41, 5.74) is 3.02. The Labute approximate surface area is 153 Å². The number of allylic oxidation sites excluding steroid dienone is 2. The highest BCUT2D eigenvalue weighted by Gasteiger charge is 2.40. The SMILES string of the molecule is CCOC(=O)C1C(=O)C=C(c2ccco2)CC1c1ccc(C(C)C)cc1. The second-order valence-corrected chi connectivity index (χ2v) is 6.91. The molecule has 1 aliphatic rings. The van der Waals surface area contributed by atoms with Crippen LogP contribution in [0, 0.1) is 5.92 Å². The fourth-order valence-electron chi connectivity index (χ4n) is 3.46. The lowest BCUT2D eigenvalue weighted by atomic mass is 9.74. The summed E-state index contributed by atoms with van der Waals surface area (Å²) >= 11 is 0. The zero-order chi connectivity index (χ0) is 18.7. The molecule has 26 heavy (non-hydrogen) atoms. The predicted molar refractivity (Wildman–Crippen MR) is 99.7 cm³/mol. The average molecular weight is 352 g/mol. The quantitative estimate of drug-likeness (QED) is 0.577. The van der Waals surface area contributed by atoms with E-state index in [1.165, 1.54) is 11.6 Å². The molecule has 0 saturated carbocycles. The number of rotatable bonds is 5. The Kier molecular flexibility index (Phi) is 5.40. The van der Waals surface area contributed by atoms with Crippen LogP contribution in [-0.4, -0.2) is 18.4 Å². The molecular weight excluding hydrogens is 328 g/mol. The minimum absolute atomic E-state index is 0.223. The van der Waals surface area contributed by atoms with Crippen molar-refractivity contribution in [2.75, 3.05) is 6.61 Å². The van der Waals surface area contributed by atoms with Crippen LogP contribution in [0.1, 0.15) is 55.9 Å². The van der Waals surface area contributed by atoms with Crippen molar-refractivity contribution in [1.29, 1.82) is 0 Å². The Hall–Kier alpha value is -2.62. The summed E-state index contributed by atoms with van der Waals surface area (Å²) in [7, 11) is 0. The van der Waals surface area contributed by atoms with Crippen LogP contribution in [0.5, 0.6) is 0 Å². The summed E-state index contributed by atoms with van der Waals surface area (Å²) in [6.45, 7) is 6.29. The molecule has 3 rings (SSSR count). The van der Waals surface area contributed by atoms with E-state index in [0.29, 0.717) is 18.1 Å². The Morgan fingerprint density at radius 3 is 2.54 bits per heavy atom. The average Bonchev–Trinajstić information content (AvgIpc) is 3.16. The molecule has 0 aliphatic heterocycles. The standard InChI is InChI=1S/C22H24O4/c1-4-25-22(24)21-18(16-9-7-15(8-10-16)14(2)3)12-17(13-19(21)23)20-6-5-11-26-20/h5-11,13-14,18,21H,4,12H2,1-3H3. The number of carbonyl (C=O) groups is 2. The molecule has 4 heteroatoms. The van der Waals surface area contributed by atoms with Gasteiger partial charge in [0.2, 0.25) is 0 Å². The van der Waals surface area contributed by atoms with Crippen LogP contribution in [0.4, 0.5) is 0 Å². The predicted octanol–water partition coefficient (Wildman–Crippen LogP) is 4.72. The third kappa shape index (κ3) is 3.64. The number of carbonyl (C=O) groups excluding carboxylic acids is 2. The van der Waals surface area contributed by atoms with Gasteiger partial charge in [0, 0.05) is 5.92 Å². The van der Waals surface area contributed by atoms with E-state index in [-0.39, 0.29) is 18.3 Å². The minimum Gasteiger partial charge on any atom is -0.465 e. The van der Waals surface area contributed by atoms with E-state index in [1.54, 1.807) is 19.3 Å². The molecule has 136 valence electrons. The molecule has 1 aromatic heterocycles. The van der Waals surface area contributed by atoms with Crippen molar-refractivity contribution >= 4 is 17.3 Å². The Bertz CT molecular complexity index is 797. The summed E-state index contributed by atoms with van der Waals surface area (Å²) in [5.74, 6) is -0.642. The van der Waals surface area contributed by atoms with Crippen molar-refractivity contribution in [2.45, 2.75) is 39.0 Å². The van der Waals surface area contributed by atoms with Crippen molar-refractivity contribution < 1.29 is 18.7 Å². The molecule has 1 aliphatic carbocycles. The van der Waals surface area contributed by atoms with Gasteiger partial charge in [-0.15, -0.1) is 0 Å². The van der Waals surface area contributed by atoms with Gasteiger partial charge in [0.25, 0.3) is 0 Å². The van der Waals surface area contributed by atoms with Gasteiger partial charge in [-0.25, -0.2) is 0 Å². The maximum Gasteiger partial charge on any atom is 0.317 e. The third-order valence-corrected chi connectivity index (χ3v) is 4.87. The lowest BCUT2D eigenvalue weighted by molar-refractivity contribution is -0.151. The van der Waals surface area contributed by atoms with E-state index in [0.717, 1.165) is 11.1 Å². The van der Waals surface area contributed by atoms with Crippen LogP contribution < -0.4 is 0 Å². The van der Waals surface area contributed by atoms with E-state index in [2.05, 4.69) is 26.0 Å². The zero-order valence-electron chi connectivity index (χ0n) is 15.4. The van der Waals surface area contributed by atoms with Crippen molar-refractivity contribution in [3.05, 3.63) is 65.6 Å². The topological polar surface area (TPSA) is 56.5 Å². The maximum absolute atomic E-state index is 12.8. The third-order valence-electron chi connectivity index (χ3n) is 4.87. The van der Waals surface area contributed by atoms with E-state index < -0.39 is 11.9 Å². The van der Waals surface area contributed by atoms with Crippen molar-refractivity contribution in [2.24, 2.45) is 5.92 Å². The molecule has 0 N–H and O–H groups in total. The molecule has 0 bridgehead atoms. The van der Waals surface area contributed by atoms with Gasteiger partial charge in [0.05, 0.1) is 12.9 Å². The second kappa shape index (κ2) is 7.73. The highest BCUT2D eigenvalue weighted by molar-refractivity contribution is 6.10. The molecule has 0 spiro atoms. The van der Waals surface area contributed by atoms with Gasteiger partial charge in [-0.1, -0.05) is 38.1 Å². The number of ketones is 1. The molecule has 4 nitrogen and oxygen atoms in total. The summed E-state index contributed by atoms with van der Waals surface area (Å²) in [4.78, 5) is 25.2. The molecule has 0 saturated heterocycles. The van der Waals surface area contributed by atoms with Crippen LogP contribution in [0.25, 0.3) is 5.57 Å². The lowest BCUT2D eigenvalue weighted by Crippen LogP contribution is -2.34. The number of benzene rings is 1. The Morgan fingerprint density at radius 2 is 1.96 bits per heavy atom. The van der Waals surface area contributed by atoms with Crippen LogP contribution in [0.3, 0.4) is 0 Å². The minimum atomic E-state index is -0.807. The molecule has 2 atom stereocenters. The monoisotopic (exact) mass is 352 g/mol. The largest absolute Gasteiger partial charge is 0.465 e. The van der Waals surface area contributed by atoms with Crippen LogP contribution in [0.2, 0.25) is 0 Å². The molecule has 2 unspecified atom stereocenters. The summed E-state index contributed by atoms with van der Waals surface area (Å²) in [6.07, 6.45) is 3.67. The normalized spacial score (nSPS) is 20.2. The van der Waals surface area contributed by atoms with Crippen molar-refractivity contribution in [3.63, 3.8) is 0 Å². The molecule has 1 aromatic carbocycles. The first-order valence-electron chi connectivity index (χ1n) is 9.06. The van der Waals surface area contributed by atoms with Gasteiger partial charge in [0.15, 0.2) is 5.78 Å². The molecule has 0 amide bonds. The number of ether oxygens (including phenoxy) is 1. The lowest BCUT2D eigenvalue weighted by Gasteiger charge is -2.29. The van der Waals surface area contributed by atoms with Crippen LogP contribution >= 0.6 is 0 Å². The van der Waals surface area contributed by atoms with Gasteiger partial charge in [-0.05, 0) is 54.2 Å². The zero-order valence-corrected chi connectivity index (χ0v) is 15.4. The highest BCUT2D eigenvalue weighted by atomic mass is 16.5. The fraction of sp³-hybridized carbons (Fsp3) is 0.364. The summed E-state index contributed by atoms with van der Waals surface area (Å²) in [5, 5.41) is 0. The number of hydrogen-bond donors (Lipinski definition) is 0. The van der Waals surface area contributed by atoms with Gasteiger partial charge in [0.1, 0.15) is 11.7 Å². The first-order valence-corrected chi connectivity index (χ1v) is 9.06. The van der Waals surface area contributed by atoms with E-state index in [1.807, 2.05) is 18.2 Å².